The van der Waals surface area contributed by atoms with Gasteiger partial charge < -0.3 is 10.6 Å². The molecule has 3 aromatic carbocycles. The number of carbonyl (C=O) groups excluding carboxylic acids is 1. The Bertz CT molecular complexity index is 941. The summed E-state index contributed by atoms with van der Waals surface area (Å²) >= 11 is 6.01. The minimum atomic E-state index is -0.436. The second kappa shape index (κ2) is 7.67. The van der Waals surface area contributed by atoms with Crippen molar-refractivity contribution in [2.24, 2.45) is 0 Å². The highest BCUT2D eigenvalue weighted by atomic mass is 35.5. The second-order valence-electron chi connectivity index (χ2n) is 5.44. The molecule has 0 unspecified atom stereocenters. The Labute approximate surface area is 154 Å². The van der Waals surface area contributed by atoms with Gasteiger partial charge in [-0.2, -0.15) is 0 Å². The Balaban J connectivity index is 1.66. The van der Waals surface area contributed by atoms with E-state index in [1.54, 1.807) is 48.5 Å². The highest BCUT2D eigenvalue weighted by molar-refractivity contribution is 6.33. The molecule has 0 heterocycles. The molecule has 0 atom stereocenters. The average Bonchev–Trinajstić information content (AvgIpc) is 2.64. The summed E-state index contributed by atoms with van der Waals surface area (Å²) in [5.74, 6) is 0. The fourth-order valence-corrected chi connectivity index (χ4v) is 2.55. The fraction of sp³-hybridized carbons (Fsp3) is 0. The number of para-hydroxylation sites is 1. The van der Waals surface area contributed by atoms with Crippen LogP contribution in [-0.4, -0.2) is 11.0 Å². The number of benzene rings is 3. The largest absolute Gasteiger partial charge is 0.323 e. The zero-order valence-corrected chi connectivity index (χ0v) is 14.2. The zero-order valence-electron chi connectivity index (χ0n) is 13.5. The highest BCUT2D eigenvalue weighted by Gasteiger charge is 2.07. The summed E-state index contributed by atoms with van der Waals surface area (Å²) in [5, 5.41) is 16.6. The van der Waals surface area contributed by atoms with Crippen molar-refractivity contribution in [3.05, 3.63) is 87.9 Å². The lowest BCUT2D eigenvalue weighted by molar-refractivity contribution is -0.384. The summed E-state index contributed by atoms with van der Waals surface area (Å²) in [4.78, 5) is 22.3. The van der Waals surface area contributed by atoms with Gasteiger partial charge in [-0.15, -0.1) is 0 Å². The number of non-ortho nitro benzene ring substituents is 1. The lowest BCUT2D eigenvalue weighted by atomic mass is 10.1. The number of urea groups is 1. The van der Waals surface area contributed by atoms with E-state index in [0.717, 1.165) is 11.1 Å². The number of nitrogens with zero attached hydrogens (tertiary/aromatic N) is 1. The Morgan fingerprint density at radius 1 is 0.846 bits per heavy atom. The van der Waals surface area contributed by atoms with Crippen LogP contribution in [0.4, 0.5) is 21.9 Å². The Morgan fingerprint density at radius 3 is 2.00 bits per heavy atom. The summed E-state index contributed by atoms with van der Waals surface area (Å²) < 4.78 is 0. The quantitative estimate of drug-likeness (QED) is 0.467. The van der Waals surface area contributed by atoms with Crippen molar-refractivity contribution in [1.82, 2.24) is 0 Å². The van der Waals surface area contributed by atoms with E-state index in [4.69, 9.17) is 11.6 Å². The van der Waals surface area contributed by atoms with Crippen molar-refractivity contribution in [3.63, 3.8) is 0 Å². The van der Waals surface area contributed by atoms with Gasteiger partial charge in [0.2, 0.25) is 0 Å². The van der Waals surface area contributed by atoms with E-state index in [0.29, 0.717) is 16.4 Å². The number of halogens is 1. The summed E-state index contributed by atoms with van der Waals surface area (Å²) in [7, 11) is 0. The number of amides is 2. The molecule has 0 saturated carbocycles. The van der Waals surface area contributed by atoms with E-state index in [-0.39, 0.29) is 5.69 Å². The number of anilines is 2. The molecule has 26 heavy (non-hydrogen) atoms. The predicted molar refractivity (Wildman–Crippen MR) is 103 cm³/mol. The summed E-state index contributed by atoms with van der Waals surface area (Å²) in [6, 6.07) is 20.0. The number of nitro benzene ring substituents is 1. The molecule has 7 heteroatoms. The average molecular weight is 368 g/mol. The molecule has 2 N–H and O–H groups in total. The van der Waals surface area contributed by atoms with Gasteiger partial charge in [0.15, 0.2) is 0 Å². The number of hydrogen-bond acceptors (Lipinski definition) is 3. The van der Waals surface area contributed by atoms with Gasteiger partial charge in [-0.1, -0.05) is 35.9 Å². The first-order valence-electron chi connectivity index (χ1n) is 7.70. The smallest absolute Gasteiger partial charge is 0.308 e. The highest BCUT2D eigenvalue weighted by Crippen LogP contribution is 2.24. The number of nitrogens with one attached hydrogen (secondary N) is 2. The molecule has 0 radical (unpaired) electrons. The lowest BCUT2D eigenvalue weighted by Crippen LogP contribution is -2.19. The first-order chi connectivity index (χ1) is 12.5. The summed E-state index contributed by atoms with van der Waals surface area (Å²) in [6.45, 7) is 0. The molecular weight excluding hydrogens is 354 g/mol. The molecule has 6 nitrogen and oxygen atoms in total. The van der Waals surface area contributed by atoms with E-state index in [1.807, 2.05) is 12.1 Å². The van der Waals surface area contributed by atoms with Crippen LogP contribution in [0.3, 0.4) is 0 Å². The van der Waals surface area contributed by atoms with E-state index in [9.17, 15) is 14.9 Å². The Kier molecular flexibility index (Phi) is 5.15. The van der Waals surface area contributed by atoms with Gasteiger partial charge in [-0.05, 0) is 47.5 Å². The van der Waals surface area contributed by atoms with Crippen LogP contribution in [0, 0.1) is 10.1 Å². The standard InChI is InChI=1S/C19H14ClN3O3/c20-17-3-1-2-4-18(17)22-19(24)21-15-9-5-13(6-10-15)14-7-11-16(12-8-14)23(25)26/h1-12H,(H2,21,22,24). The Morgan fingerprint density at radius 2 is 1.42 bits per heavy atom. The van der Waals surface area contributed by atoms with Crippen LogP contribution in [0.15, 0.2) is 72.8 Å². The molecule has 0 aliphatic heterocycles. The van der Waals surface area contributed by atoms with Gasteiger partial charge in [0, 0.05) is 17.8 Å². The van der Waals surface area contributed by atoms with Crippen LogP contribution in [0.5, 0.6) is 0 Å². The summed E-state index contributed by atoms with van der Waals surface area (Å²) in [5.41, 5.74) is 2.91. The molecule has 130 valence electrons. The van der Waals surface area contributed by atoms with Crippen molar-refractivity contribution in [2.75, 3.05) is 10.6 Å². The predicted octanol–water partition coefficient (Wildman–Crippen LogP) is 5.56. The topological polar surface area (TPSA) is 84.3 Å². The second-order valence-corrected chi connectivity index (χ2v) is 5.85. The maximum absolute atomic E-state index is 12.0. The van der Waals surface area contributed by atoms with E-state index in [1.165, 1.54) is 12.1 Å². The van der Waals surface area contributed by atoms with Crippen LogP contribution in [-0.2, 0) is 0 Å². The SMILES string of the molecule is O=C(Nc1ccc(-c2ccc([N+](=O)[O-])cc2)cc1)Nc1ccccc1Cl. The molecule has 3 aromatic rings. The molecule has 2 amide bonds. The maximum atomic E-state index is 12.0. The van der Waals surface area contributed by atoms with Crippen molar-refractivity contribution in [3.8, 4) is 11.1 Å². The van der Waals surface area contributed by atoms with Crippen LogP contribution in [0.25, 0.3) is 11.1 Å². The van der Waals surface area contributed by atoms with Gasteiger partial charge >= 0.3 is 6.03 Å². The molecule has 0 fully saturated rings. The van der Waals surface area contributed by atoms with Crippen LogP contribution in [0.1, 0.15) is 0 Å². The monoisotopic (exact) mass is 367 g/mol. The normalized spacial score (nSPS) is 10.2. The molecule has 0 bridgehead atoms. The third-order valence-corrected chi connectivity index (χ3v) is 4.01. The van der Waals surface area contributed by atoms with Gasteiger partial charge in [0.25, 0.3) is 5.69 Å². The third kappa shape index (κ3) is 4.17. The molecular formula is C19H14ClN3O3. The molecule has 0 saturated heterocycles. The molecule has 0 aromatic heterocycles. The minimum absolute atomic E-state index is 0.0447. The first-order valence-corrected chi connectivity index (χ1v) is 8.08. The van der Waals surface area contributed by atoms with Gasteiger partial charge in [0.05, 0.1) is 15.6 Å². The molecule has 0 spiro atoms. The Hall–Kier alpha value is -3.38. The fourth-order valence-electron chi connectivity index (χ4n) is 2.37. The van der Waals surface area contributed by atoms with E-state index in [2.05, 4.69) is 10.6 Å². The van der Waals surface area contributed by atoms with Crippen molar-refractivity contribution in [2.45, 2.75) is 0 Å². The first kappa shape index (κ1) is 17.4. The molecule has 0 aliphatic carbocycles. The molecule has 0 aliphatic rings. The number of rotatable bonds is 4. The van der Waals surface area contributed by atoms with Crippen molar-refractivity contribution >= 4 is 34.7 Å². The number of hydrogen-bond donors (Lipinski definition) is 2. The van der Waals surface area contributed by atoms with E-state index < -0.39 is 11.0 Å². The number of carbonyl (C=O) groups is 1. The lowest BCUT2D eigenvalue weighted by Gasteiger charge is -2.09. The summed E-state index contributed by atoms with van der Waals surface area (Å²) in [6.07, 6.45) is 0. The van der Waals surface area contributed by atoms with Crippen molar-refractivity contribution < 1.29 is 9.72 Å². The number of nitro groups is 1. The maximum Gasteiger partial charge on any atom is 0.323 e. The van der Waals surface area contributed by atoms with Crippen LogP contribution < -0.4 is 10.6 Å². The van der Waals surface area contributed by atoms with E-state index >= 15 is 0 Å². The van der Waals surface area contributed by atoms with Gasteiger partial charge in [-0.25, -0.2) is 4.79 Å². The zero-order chi connectivity index (χ0) is 18.5. The van der Waals surface area contributed by atoms with Crippen molar-refractivity contribution in [1.29, 1.82) is 0 Å². The van der Waals surface area contributed by atoms with Gasteiger partial charge in [-0.3, -0.25) is 10.1 Å². The third-order valence-electron chi connectivity index (χ3n) is 3.68. The molecule has 3 rings (SSSR count). The minimum Gasteiger partial charge on any atom is -0.308 e. The van der Waals surface area contributed by atoms with Crippen LogP contribution in [0.2, 0.25) is 5.02 Å². The van der Waals surface area contributed by atoms with Gasteiger partial charge in [0.1, 0.15) is 0 Å². The van der Waals surface area contributed by atoms with Crippen LogP contribution >= 0.6 is 11.6 Å².